The minimum Gasteiger partial charge on any atom is -0.496 e. The largest absolute Gasteiger partial charge is 0.496 e. The van der Waals surface area contributed by atoms with Crippen molar-refractivity contribution in [1.29, 1.82) is 0 Å². The fraction of sp³-hybridized carbons (Fsp3) is 0.600. The zero-order chi connectivity index (χ0) is 13.4. The molecule has 0 amide bonds. The first-order chi connectivity index (χ1) is 8.43. The number of hydrogen-bond donors (Lipinski definition) is 0. The van der Waals surface area contributed by atoms with Crippen molar-refractivity contribution >= 4 is 11.6 Å². The van der Waals surface area contributed by atoms with E-state index < -0.39 is 0 Å². The lowest BCUT2D eigenvalue weighted by molar-refractivity contribution is -0.0489. The Morgan fingerprint density at radius 1 is 1.33 bits per heavy atom. The molecule has 0 N–H and O–H groups in total. The molecule has 0 radical (unpaired) electrons. The Balaban J connectivity index is 2.49. The standard InChI is InChI=1S/C15H21ClO2/c1-14(2,3)11-5-6-13(17-4)12(7-11)15(8-16)9-18-10-15/h5-7H,8-10H2,1-4H3. The number of halogens is 1. The monoisotopic (exact) mass is 268 g/mol. The Hall–Kier alpha value is -0.730. The lowest BCUT2D eigenvalue weighted by Gasteiger charge is -2.41. The maximum atomic E-state index is 6.15. The molecule has 0 bridgehead atoms. The summed E-state index contributed by atoms with van der Waals surface area (Å²) in [6, 6.07) is 6.40. The summed E-state index contributed by atoms with van der Waals surface area (Å²) in [5, 5.41) is 0. The average molecular weight is 269 g/mol. The van der Waals surface area contributed by atoms with E-state index in [0.717, 1.165) is 5.75 Å². The Morgan fingerprint density at radius 3 is 2.39 bits per heavy atom. The molecule has 1 aromatic rings. The molecule has 0 aliphatic carbocycles. The summed E-state index contributed by atoms with van der Waals surface area (Å²) in [5.41, 5.74) is 2.53. The van der Waals surface area contributed by atoms with Crippen molar-refractivity contribution in [1.82, 2.24) is 0 Å². The molecule has 1 fully saturated rings. The molecule has 1 aliphatic rings. The van der Waals surface area contributed by atoms with E-state index in [4.69, 9.17) is 21.1 Å². The highest BCUT2D eigenvalue weighted by Gasteiger charge is 2.42. The van der Waals surface area contributed by atoms with Crippen molar-refractivity contribution in [2.45, 2.75) is 31.6 Å². The number of methoxy groups -OCH3 is 1. The van der Waals surface area contributed by atoms with Gasteiger partial charge in [0.05, 0.1) is 25.7 Å². The molecule has 1 saturated heterocycles. The molecule has 0 spiro atoms. The molecule has 100 valence electrons. The molecule has 1 aliphatic heterocycles. The summed E-state index contributed by atoms with van der Waals surface area (Å²) in [6.45, 7) is 8.00. The fourth-order valence-corrected chi connectivity index (χ4v) is 2.54. The Labute approximate surface area is 114 Å². The van der Waals surface area contributed by atoms with Gasteiger partial charge in [-0.25, -0.2) is 0 Å². The van der Waals surface area contributed by atoms with Crippen LogP contribution in [0, 0.1) is 0 Å². The van der Waals surface area contributed by atoms with Crippen LogP contribution in [0.4, 0.5) is 0 Å². The quantitative estimate of drug-likeness (QED) is 0.781. The van der Waals surface area contributed by atoms with Crippen LogP contribution in [0.1, 0.15) is 31.9 Å². The van der Waals surface area contributed by atoms with Gasteiger partial charge in [0.25, 0.3) is 0 Å². The molecular formula is C15H21ClO2. The molecule has 1 heterocycles. The second-order valence-corrected chi connectivity index (χ2v) is 6.34. The molecule has 18 heavy (non-hydrogen) atoms. The summed E-state index contributed by atoms with van der Waals surface area (Å²) in [7, 11) is 1.71. The maximum absolute atomic E-state index is 6.15. The zero-order valence-electron chi connectivity index (χ0n) is 11.5. The summed E-state index contributed by atoms with van der Waals surface area (Å²) in [5.74, 6) is 1.48. The first-order valence-electron chi connectivity index (χ1n) is 6.26. The summed E-state index contributed by atoms with van der Waals surface area (Å²) >= 11 is 6.15. The number of rotatable bonds is 3. The highest BCUT2D eigenvalue weighted by atomic mass is 35.5. The van der Waals surface area contributed by atoms with Gasteiger partial charge in [-0.05, 0) is 17.0 Å². The van der Waals surface area contributed by atoms with E-state index in [-0.39, 0.29) is 10.8 Å². The minimum atomic E-state index is -0.0752. The van der Waals surface area contributed by atoms with E-state index in [0.29, 0.717) is 19.1 Å². The Bertz CT molecular complexity index is 425. The van der Waals surface area contributed by atoms with E-state index in [2.05, 4.69) is 32.9 Å². The van der Waals surface area contributed by atoms with Crippen LogP contribution >= 0.6 is 11.6 Å². The molecule has 3 heteroatoms. The smallest absolute Gasteiger partial charge is 0.122 e. The predicted octanol–water partition coefficient (Wildman–Crippen LogP) is 3.50. The highest BCUT2D eigenvalue weighted by molar-refractivity contribution is 6.18. The normalized spacial score (nSPS) is 18.3. The number of hydrogen-bond acceptors (Lipinski definition) is 2. The van der Waals surface area contributed by atoms with E-state index in [1.165, 1.54) is 11.1 Å². The van der Waals surface area contributed by atoms with Gasteiger partial charge >= 0.3 is 0 Å². The van der Waals surface area contributed by atoms with Gasteiger partial charge in [-0.3, -0.25) is 0 Å². The summed E-state index contributed by atoms with van der Waals surface area (Å²) in [4.78, 5) is 0. The lowest BCUT2D eigenvalue weighted by Crippen LogP contribution is -2.48. The second kappa shape index (κ2) is 4.75. The van der Waals surface area contributed by atoms with Crippen LogP contribution in [-0.2, 0) is 15.6 Å². The predicted molar refractivity (Wildman–Crippen MR) is 74.9 cm³/mol. The van der Waals surface area contributed by atoms with Gasteiger partial charge in [-0.1, -0.05) is 32.9 Å². The molecule has 0 saturated carbocycles. The molecule has 1 aromatic carbocycles. The van der Waals surface area contributed by atoms with Crippen LogP contribution in [0.15, 0.2) is 18.2 Å². The van der Waals surface area contributed by atoms with Crippen molar-refractivity contribution in [3.05, 3.63) is 29.3 Å². The second-order valence-electron chi connectivity index (χ2n) is 6.07. The molecular weight excluding hydrogens is 248 g/mol. The van der Waals surface area contributed by atoms with Gasteiger partial charge in [0.15, 0.2) is 0 Å². The van der Waals surface area contributed by atoms with E-state index in [9.17, 15) is 0 Å². The highest BCUT2D eigenvalue weighted by Crippen LogP contribution is 2.41. The Kier molecular flexibility index (Phi) is 3.61. The van der Waals surface area contributed by atoms with Crippen molar-refractivity contribution < 1.29 is 9.47 Å². The van der Waals surface area contributed by atoms with Crippen molar-refractivity contribution in [2.75, 3.05) is 26.2 Å². The van der Waals surface area contributed by atoms with Crippen LogP contribution in [-0.4, -0.2) is 26.2 Å². The topological polar surface area (TPSA) is 18.5 Å². The third-order valence-electron chi connectivity index (χ3n) is 3.65. The molecule has 2 nitrogen and oxygen atoms in total. The molecule has 0 aromatic heterocycles. The van der Waals surface area contributed by atoms with Gasteiger partial charge in [0.1, 0.15) is 5.75 Å². The minimum absolute atomic E-state index is 0.0752. The zero-order valence-corrected chi connectivity index (χ0v) is 12.3. The van der Waals surface area contributed by atoms with E-state index >= 15 is 0 Å². The van der Waals surface area contributed by atoms with Crippen molar-refractivity contribution in [3.8, 4) is 5.75 Å². The average Bonchev–Trinajstić information content (AvgIpc) is 2.27. The van der Waals surface area contributed by atoms with Gasteiger partial charge in [0, 0.05) is 11.4 Å². The third-order valence-corrected chi connectivity index (χ3v) is 4.16. The van der Waals surface area contributed by atoms with Crippen LogP contribution < -0.4 is 4.74 Å². The summed E-state index contributed by atoms with van der Waals surface area (Å²) in [6.07, 6.45) is 0. The number of benzene rings is 1. The molecule has 0 unspecified atom stereocenters. The molecule has 2 rings (SSSR count). The van der Waals surface area contributed by atoms with E-state index in [1.54, 1.807) is 7.11 Å². The Morgan fingerprint density at radius 2 is 2.00 bits per heavy atom. The number of alkyl halides is 1. The van der Waals surface area contributed by atoms with Gasteiger partial charge < -0.3 is 9.47 Å². The van der Waals surface area contributed by atoms with Crippen molar-refractivity contribution in [2.24, 2.45) is 0 Å². The van der Waals surface area contributed by atoms with Gasteiger partial charge in [-0.15, -0.1) is 11.6 Å². The first-order valence-corrected chi connectivity index (χ1v) is 6.79. The van der Waals surface area contributed by atoms with Crippen molar-refractivity contribution in [3.63, 3.8) is 0 Å². The van der Waals surface area contributed by atoms with Crippen LogP contribution in [0.5, 0.6) is 5.75 Å². The number of ether oxygens (including phenoxy) is 2. The summed E-state index contributed by atoms with van der Waals surface area (Å²) < 4.78 is 10.9. The molecule has 0 atom stereocenters. The lowest BCUT2D eigenvalue weighted by atomic mass is 9.76. The SMILES string of the molecule is COc1ccc(C(C)(C)C)cc1C1(CCl)COC1. The first kappa shape index (κ1) is 13.7. The van der Waals surface area contributed by atoms with Gasteiger partial charge in [0.2, 0.25) is 0 Å². The van der Waals surface area contributed by atoms with Crippen LogP contribution in [0.25, 0.3) is 0 Å². The van der Waals surface area contributed by atoms with Gasteiger partial charge in [-0.2, -0.15) is 0 Å². The van der Waals surface area contributed by atoms with Crippen LogP contribution in [0.2, 0.25) is 0 Å². The third kappa shape index (κ3) is 2.24. The maximum Gasteiger partial charge on any atom is 0.122 e. The fourth-order valence-electron chi connectivity index (χ4n) is 2.24. The van der Waals surface area contributed by atoms with E-state index in [1.807, 2.05) is 6.07 Å². The van der Waals surface area contributed by atoms with Crippen LogP contribution in [0.3, 0.4) is 0 Å².